The topological polar surface area (TPSA) is 32.3 Å². The minimum Gasteiger partial charge on any atom is -0.314 e. The van der Waals surface area contributed by atoms with Crippen molar-refractivity contribution in [1.82, 2.24) is 5.48 Å². The molecule has 0 aromatic carbocycles. The number of hydrogen-bond donors (Lipinski definition) is 2. The van der Waals surface area contributed by atoms with Crippen molar-refractivity contribution in [3.05, 3.63) is 0 Å². The van der Waals surface area contributed by atoms with Crippen molar-refractivity contribution in [2.45, 2.75) is 0 Å². The van der Waals surface area contributed by atoms with Crippen LogP contribution in [-0.2, 0) is 0 Å². The Hall–Kier alpha value is -0.150. The van der Waals surface area contributed by atoms with E-state index < -0.39 is 6.80 Å². The van der Waals surface area contributed by atoms with E-state index in [9.17, 15) is 4.39 Å². The van der Waals surface area contributed by atoms with Crippen LogP contribution < -0.4 is 5.48 Å². The van der Waals surface area contributed by atoms with Crippen LogP contribution in [0, 0.1) is 0 Å². The van der Waals surface area contributed by atoms with Gasteiger partial charge in [-0.25, -0.2) is 4.39 Å². The van der Waals surface area contributed by atoms with Gasteiger partial charge in [0.15, 0.2) is 6.80 Å². The van der Waals surface area contributed by atoms with Gasteiger partial charge in [-0.1, -0.05) is 0 Å². The summed E-state index contributed by atoms with van der Waals surface area (Å²) in [5.41, 5.74) is 1.26. The first-order valence-corrected chi connectivity index (χ1v) is 0.844. The van der Waals surface area contributed by atoms with E-state index in [1.807, 2.05) is 0 Å². The number of hydroxylamine groups is 1. The third kappa shape index (κ3) is 1.85. The first-order chi connectivity index (χ1) is 1.91. The first-order valence-electron chi connectivity index (χ1n) is 0.844. The molecule has 0 saturated heterocycles. The normalized spacial score (nSPS) is 7.50. The molecule has 0 fully saturated rings. The lowest BCUT2D eigenvalue weighted by Crippen LogP contribution is -2.01. The van der Waals surface area contributed by atoms with Crippen LogP contribution >= 0.6 is 0 Å². The zero-order valence-corrected chi connectivity index (χ0v) is 2.03. The third-order valence-electron chi connectivity index (χ3n) is 0.0598. The van der Waals surface area contributed by atoms with Crippen molar-refractivity contribution in [2.75, 3.05) is 6.80 Å². The molecule has 0 aliphatic rings. The second kappa shape index (κ2) is 2.85. The summed E-state index contributed by atoms with van der Waals surface area (Å²) in [5, 5.41) is 7.25. The van der Waals surface area contributed by atoms with Crippen molar-refractivity contribution in [1.29, 1.82) is 0 Å². The molecule has 0 heterocycles. The van der Waals surface area contributed by atoms with Crippen molar-refractivity contribution >= 4 is 0 Å². The molecule has 2 nitrogen and oxygen atoms in total. The highest BCUT2D eigenvalue weighted by atomic mass is 19.1. The highest BCUT2D eigenvalue weighted by Crippen LogP contribution is 1.43. The maximum atomic E-state index is 10.4. The van der Waals surface area contributed by atoms with Gasteiger partial charge in [-0.05, 0) is 0 Å². The predicted octanol–water partition coefficient (Wildman–Crippen LogP) is -0.108. The lowest BCUT2D eigenvalue weighted by molar-refractivity contribution is 0.124. The molecule has 0 aliphatic carbocycles. The predicted molar refractivity (Wildman–Crippen MR) is 10.9 cm³/mol. The monoisotopic (exact) mass is 65.0 g/mol. The number of alkyl halides is 1. The lowest BCUT2D eigenvalue weighted by atomic mass is 11.5. The van der Waals surface area contributed by atoms with Crippen molar-refractivity contribution in [2.24, 2.45) is 0 Å². The van der Waals surface area contributed by atoms with E-state index in [0.717, 1.165) is 0 Å². The fraction of sp³-hybridized carbons (Fsp3) is 1.00. The van der Waals surface area contributed by atoms with Gasteiger partial charge in [0.1, 0.15) is 0 Å². The second-order valence-electron chi connectivity index (χ2n) is 0.292. The summed E-state index contributed by atoms with van der Waals surface area (Å²) in [4.78, 5) is 0. The fourth-order valence-electron chi connectivity index (χ4n) is 0. The molecule has 2 N–H and O–H groups in total. The van der Waals surface area contributed by atoms with Crippen LogP contribution in [0.15, 0.2) is 0 Å². The Morgan fingerprint density at radius 3 is 2.25 bits per heavy atom. The third-order valence-corrected chi connectivity index (χ3v) is 0.0598. The highest BCUT2D eigenvalue weighted by Gasteiger charge is 1.56. The van der Waals surface area contributed by atoms with Gasteiger partial charge in [0, 0.05) is 0 Å². The Balaban J connectivity index is 1.97. The van der Waals surface area contributed by atoms with Crippen molar-refractivity contribution in [3.8, 4) is 0 Å². The van der Waals surface area contributed by atoms with Gasteiger partial charge in [0.25, 0.3) is 0 Å². The Morgan fingerprint density at radius 2 is 2.25 bits per heavy atom. The number of nitrogens with one attached hydrogen (secondary N) is 1. The molecule has 0 aromatic heterocycles. The van der Waals surface area contributed by atoms with Gasteiger partial charge in [-0.3, -0.25) is 0 Å². The summed E-state index contributed by atoms with van der Waals surface area (Å²) in [7, 11) is 0. The molecule has 0 spiro atoms. The average molecular weight is 65.0 g/mol. The van der Waals surface area contributed by atoms with Gasteiger partial charge in [-0.15, -0.1) is 0 Å². The molecule has 0 aliphatic heterocycles. The quantitative estimate of drug-likeness (QED) is 0.330. The molecule has 0 bridgehead atoms. The maximum absolute atomic E-state index is 10.4. The molecule has 0 rings (SSSR count). The van der Waals surface area contributed by atoms with E-state index in [-0.39, 0.29) is 0 Å². The molecule has 0 aromatic rings. The van der Waals surface area contributed by atoms with Crippen LogP contribution in [-0.4, -0.2) is 12.0 Å². The summed E-state index contributed by atoms with van der Waals surface area (Å²) in [6, 6.07) is 0. The Morgan fingerprint density at radius 1 is 2.00 bits per heavy atom. The minimum atomic E-state index is -0.875. The molecule has 0 atom stereocenters. The van der Waals surface area contributed by atoms with Crippen LogP contribution in [0.5, 0.6) is 0 Å². The molecular weight excluding hydrogens is 61.0 g/mol. The number of rotatable bonds is 1. The van der Waals surface area contributed by atoms with Crippen LogP contribution in [0.25, 0.3) is 0 Å². The van der Waals surface area contributed by atoms with Crippen LogP contribution in [0.2, 0.25) is 0 Å². The van der Waals surface area contributed by atoms with Gasteiger partial charge < -0.3 is 5.21 Å². The zero-order chi connectivity index (χ0) is 3.41. The van der Waals surface area contributed by atoms with E-state index in [1.54, 1.807) is 0 Å². The molecule has 26 valence electrons. The summed E-state index contributed by atoms with van der Waals surface area (Å²) < 4.78 is 10.4. The van der Waals surface area contributed by atoms with Gasteiger partial charge in [0.05, 0.1) is 0 Å². The van der Waals surface area contributed by atoms with E-state index in [1.165, 1.54) is 5.48 Å². The fourth-order valence-corrected chi connectivity index (χ4v) is 0. The van der Waals surface area contributed by atoms with Crippen LogP contribution in [0.3, 0.4) is 0 Å². The maximum Gasteiger partial charge on any atom is 0.161 e. The van der Waals surface area contributed by atoms with E-state index in [0.29, 0.717) is 0 Å². The molecule has 0 amide bonds. The van der Waals surface area contributed by atoms with Gasteiger partial charge in [-0.2, -0.15) is 5.48 Å². The standard InChI is InChI=1S/CH4FNO/c2-1-3-4/h3-4H,1H2. The minimum absolute atomic E-state index is 0.875. The van der Waals surface area contributed by atoms with Crippen molar-refractivity contribution < 1.29 is 9.60 Å². The van der Waals surface area contributed by atoms with Gasteiger partial charge in [0.2, 0.25) is 0 Å². The molecular formula is CH4FNO. The Kier molecular flexibility index (Phi) is 2.74. The Bertz CT molecular complexity index is 10.0. The zero-order valence-electron chi connectivity index (χ0n) is 2.03. The molecule has 4 heavy (non-hydrogen) atoms. The van der Waals surface area contributed by atoms with Gasteiger partial charge >= 0.3 is 0 Å². The summed E-state index contributed by atoms with van der Waals surface area (Å²) in [6.45, 7) is -0.875. The summed E-state index contributed by atoms with van der Waals surface area (Å²) in [5.74, 6) is 0. The van der Waals surface area contributed by atoms with Crippen LogP contribution in [0.1, 0.15) is 0 Å². The lowest BCUT2D eigenvalue weighted by Gasteiger charge is -1.72. The van der Waals surface area contributed by atoms with E-state index >= 15 is 0 Å². The molecule has 0 unspecified atom stereocenters. The van der Waals surface area contributed by atoms with Crippen molar-refractivity contribution in [3.63, 3.8) is 0 Å². The molecule has 0 saturated carbocycles. The van der Waals surface area contributed by atoms with Crippen LogP contribution in [0.4, 0.5) is 4.39 Å². The summed E-state index contributed by atoms with van der Waals surface area (Å²) >= 11 is 0. The smallest absolute Gasteiger partial charge is 0.161 e. The van der Waals surface area contributed by atoms with E-state index in [2.05, 4.69) is 0 Å². The SMILES string of the molecule is ONCF. The Labute approximate surface area is 23.2 Å². The number of halogens is 1. The second-order valence-corrected chi connectivity index (χ2v) is 0.292. The molecule has 3 heteroatoms. The average Bonchev–Trinajstić information content (AvgIpc) is 1.37. The summed E-state index contributed by atoms with van der Waals surface area (Å²) in [6.07, 6.45) is 0. The van der Waals surface area contributed by atoms with E-state index in [4.69, 9.17) is 5.21 Å². The largest absolute Gasteiger partial charge is 0.314 e. The highest BCUT2D eigenvalue weighted by molar-refractivity contribution is 3.86. The first kappa shape index (κ1) is 3.85. The molecule has 0 radical (unpaired) electrons. The number of hydrogen-bond acceptors (Lipinski definition) is 2.